The maximum absolute atomic E-state index is 11.5. The standard InChI is InChI=1S/C18H26O5/c1-11(15(19)20)9-23-10-12(16(21)22)7-14-8-13-5-6-18(14,4)17(13,2)3/h7,13-14H,1,5-6,8-10H2,2-4H3,(H,19,20)(H,21,22). The Bertz CT molecular complexity index is 560. The van der Waals surface area contributed by atoms with Gasteiger partial charge in [0.25, 0.3) is 0 Å². The number of carbonyl (C=O) groups is 2. The molecular weight excluding hydrogens is 296 g/mol. The molecule has 3 atom stereocenters. The molecule has 0 aromatic rings. The first-order valence-electron chi connectivity index (χ1n) is 8.02. The van der Waals surface area contributed by atoms with Gasteiger partial charge in [0.2, 0.25) is 0 Å². The molecule has 2 saturated carbocycles. The van der Waals surface area contributed by atoms with Gasteiger partial charge in [-0.2, -0.15) is 0 Å². The number of carboxylic acid groups (broad SMARTS) is 2. The van der Waals surface area contributed by atoms with Crippen molar-refractivity contribution < 1.29 is 24.5 Å². The zero-order chi connectivity index (χ0) is 17.4. The number of carboxylic acids is 2. The lowest BCUT2D eigenvalue weighted by Crippen LogP contribution is -2.32. The van der Waals surface area contributed by atoms with Crippen LogP contribution in [-0.2, 0) is 14.3 Å². The van der Waals surface area contributed by atoms with Crippen molar-refractivity contribution in [3.8, 4) is 0 Å². The molecule has 2 N–H and O–H groups in total. The third kappa shape index (κ3) is 3.07. The smallest absolute Gasteiger partial charge is 0.333 e. The molecular formula is C18H26O5. The van der Waals surface area contributed by atoms with Crippen molar-refractivity contribution in [2.24, 2.45) is 22.7 Å². The average Bonchev–Trinajstić information content (AvgIpc) is 2.78. The van der Waals surface area contributed by atoms with Gasteiger partial charge in [-0.25, -0.2) is 9.59 Å². The van der Waals surface area contributed by atoms with Gasteiger partial charge in [-0.05, 0) is 41.9 Å². The monoisotopic (exact) mass is 322 g/mol. The second-order valence-electron chi connectivity index (χ2n) is 7.62. The fourth-order valence-electron chi connectivity index (χ4n) is 4.29. The molecule has 0 amide bonds. The van der Waals surface area contributed by atoms with Crippen molar-refractivity contribution in [1.82, 2.24) is 0 Å². The first-order valence-corrected chi connectivity index (χ1v) is 8.02. The number of ether oxygens (including phenoxy) is 1. The van der Waals surface area contributed by atoms with Gasteiger partial charge in [0, 0.05) is 0 Å². The summed E-state index contributed by atoms with van der Waals surface area (Å²) in [5.74, 6) is -1.27. The summed E-state index contributed by atoms with van der Waals surface area (Å²) in [7, 11) is 0. The highest BCUT2D eigenvalue weighted by atomic mass is 16.5. The third-order valence-corrected chi connectivity index (χ3v) is 6.37. The normalized spacial score (nSPS) is 32.0. The number of fused-ring (bicyclic) bond motifs is 2. The van der Waals surface area contributed by atoms with Gasteiger partial charge in [0.15, 0.2) is 0 Å². The third-order valence-electron chi connectivity index (χ3n) is 6.37. The van der Waals surface area contributed by atoms with Crippen LogP contribution in [0.4, 0.5) is 0 Å². The Hall–Kier alpha value is -1.62. The van der Waals surface area contributed by atoms with Gasteiger partial charge >= 0.3 is 11.9 Å². The molecule has 0 saturated heterocycles. The largest absolute Gasteiger partial charge is 0.478 e. The number of hydrogen-bond acceptors (Lipinski definition) is 3. The summed E-state index contributed by atoms with van der Waals surface area (Å²) < 4.78 is 5.23. The number of hydrogen-bond donors (Lipinski definition) is 2. The average molecular weight is 322 g/mol. The quantitative estimate of drug-likeness (QED) is 0.704. The fourth-order valence-corrected chi connectivity index (χ4v) is 4.29. The molecule has 128 valence electrons. The van der Waals surface area contributed by atoms with Gasteiger partial charge in [-0.15, -0.1) is 0 Å². The van der Waals surface area contributed by atoms with Crippen LogP contribution in [0.3, 0.4) is 0 Å². The van der Waals surface area contributed by atoms with E-state index in [0.29, 0.717) is 5.92 Å². The Labute approximate surface area is 137 Å². The van der Waals surface area contributed by atoms with Crippen LogP contribution in [0.1, 0.15) is 40.0 Å². The molecule has 2 fully saturated rings. The Morgan fingerprint density at radius 2 is 1.87 bits per heavy atom. The summed E-state index contributed by atoms with van der Waals surface area (Å²) in [6, 6.07) is 0. The molecule has 0 aliphatic heterocycles. The van der Waals surface area contributed by atoms with E-state index in [0.717, 1.165) is 12.8 Å². The van der Waals surface area contributed by atoms with Crippen molar-refractivity contribution in [3.05, 3.63) is 23.8 Å². The highest BCUT2D eigenvalue weighted by Crippen LogP contribution is 2.68. The minimum absolute atomic E-state index is 0.0808. The van der Waals surface area contributed by atoms with Crippen LogP contribution in [0.15, 0.2) is 23.8 Å². The maximum Gasteiger partial charge on any atom is 0.333 e. The molecule has 0 aromatic heterocycles. The van der Waals surface area contributed by atoms with E-state index in [1.807, 2.05) is 6.08 Å². The van der Waals surface area contributed by atoms with Crippen LogP contribution in [0.25, 0.3) is 0 Å². The Balaban J connectivity index is 2.07. The highest BCUT2D eigenvalue weighted by molar-refractivity contribution is 5.87. The number of rotatable bonds is 7. The molecule has 0 aromatic carbocycles. The fraction of sp³-hybridized carbons (Fsp3) is 0.667. The van der Waals surface area contributed by atoms with Crippen LogP contribution in [0.2, 0.25) is 0 Å². The van der Waals surface area contributed by atoms with Crippen molar-refractivity contribution in [3.63, 3.8) is 0 Å². The van der Waals surface area contributed by atoms with E-state index in [9.17, 15) is 14.7 Å². The summed E-state index contributed by atoms with van der Waals surface area (Å²) in [4.78, 5) is 22.2. The topological polar surface area (TPSA) is 83.8 Å². The predicted molar refractivity (Wildman–Crippen MR) is 86.0 cm³/mol. The van der Waals surface area contributed by atoms with E-state index < -0.39 is 11.9 Å². The van der Waals surface area contributed by atoms with Gasteiger partial charge in [-0.3, -0.25) is 0 Å². The van der Waals surface area contributed by atoms with Crippen molar-refractivity contribution in [2.75, 3.05) is 13.2 Å². The first-order chi connectivity index (χ1) is 10.6. The van der Waals surface area contributed by atoms with E-state index in [2.05, 4.69) is 27.4 Å². The summed E-state index contributed by atoms with van der Waals surface area (Å²) in [6.07, 6.45) is 5.19. The minimum Gasteiger partial charge on any atom is -0.478 e. The summed E-state index contributed by atoms with van der Waals surface area (Å²) >= 11 is 0. The lowest BCUT2D eigenvalue weighted by molar-refractivity contribution is -0.133. The number of aliphatic carboxylic acids is 2. The van der Waals surface area contributed by atoms with Crippen molar-refractivity contribution >= 4 is 11.9 Å². The van der Waals surface area contributed by atoms with Crippen LogP contribution >= 0.6 is 0 Å². The molecule has 23 heavy (non-hydrogen) atoms. The summed E-state index contributed by atoms with van der Waals surface area (Å²) in [5, 5.41) is 18.1. The molecule has 3 unspecified atom stereocenters. The highest BCUT2D eigenvalue weighted by Gasteiger charge is 2.60. The van der Waals surface area contributed by atoms with Crippen LogP contribution < -0.4 is 0 Å². The minimum atomic E-state index is -1.13. The zero-order valence-electron chi connectivity index (χ0n) is 14.1. The molecule has 0 radical (unpaired) electrons. The molecule has 5 nitrogen and oxygen atoms in total. The molecule has 2 bridgehead atoms. The molecule has 2 aliphatic carbocycles. The summed E-state index contributed by atoms with van der Waals surface area (Å²) in [5.41, 5.74) is 0.458. The predicted octanol–water partition coefficient (Wildman–Crippen LogP) is 3.12. The first kappa shape index (κ1) is 17.7. The van der Waals surface area contributed by atoms with Gasteiger partial charge in [0.1, 0.15) is 0 Å². The summed E-state index contributed by atoms with van der Waals surface area (Å²) in [6.45, 7) is 9.93. The SMILES string of the molecule is C=C(COCC(=CC1CC2CCC1(C)C2(C)C)C(=O)O)C(=O)O. The van der Waals surface area contributed by atoms with E-state index in [-0.39, 0.29) is 41.1 Å². The molecule has 2 rings (SSSR count). The van der Waals surface area contributed by atoms with E-state index in [1.165, 1.54) is 6.42 Å². The Morgan fingerprint density at radius 1 is 1.22 bits per heavy atom. The van der Waals surface area contributed by atoms with Crippen molar-refractivity contribution in [1.29, 1.82) is 0 Å². The van der Waals surface area contributed by atoms with E-state index in [4.69, 9.17) is 9.84 Å². The Kier molecular flexibility index (Phi) is 4.71. The second-order valence-corrected chi connectivity index (χ2v) is 7.62. The lowest BCUT2D eigenvalue weighted by atomic mass is 9.66. The van der Waals surface area contributed by atoms with E-state index in [1.54, 1.807) is 0 Å². The molecule has 2 aliphatic rings. The molecule has 5 heteroatoms. The van der Waals surface area contributed by atoms with E-state index >= 15 is 0 Å². The van der Waals surface area contributed by atoms with Crippen LogP contribution in [0, 0.1) is 22.7 Å². The second kappa shape index (κ2) is 6.11. The van der Waals surface area contributed by atoms with Crippen LogP contribution in [0.5, 0.6) is 0 Å². The maximum atomic E-state index is 11.5. The van der Waals surface area contributed by atoms with Crippen molar-refractivity contribution in [2.45, 2.75) is 40.0 Å². The van der Waals surface area contributed by atoms with Gasteiger partial charge < -0.3 is 14.9 Å². The van der Waals surface area contributed by atoms with Crippen LogP contribution in [-0.4, -0.2) is 35.4 Å². The lowest BCUT2D eigenvalue weighted by Gasteiger charge is -2.38. The Morgan fingerprint density at radius 3 is 2.30 bits per heavy atom. The number of allylic oxidation sites excluding steroid dienone is 1. The molecule has 0 heterocycles. The molecule has 0 spiro atoms. The van der Waals surface area contributed by atoms with Gasteiger partial charge in [-0.1, -0.05) is 33.4 Å². The van der Waals surface area contributed by atoms with Gasteiger partial charge in [0.05, 0.1) is 24.4 Å². The zero-order valence-corrected chi connectivity index (χ0v) is 14.1.